The van der Waals surface area contributed by atoms with E-state index in [1.807, 2.05) is 26.0 Å². The van der Waals surface area contributed by atoms with Gasteiger partial charge in [0.1, 0.15) is 4.60 Å². The van der Waals surface area contributed by atoms with E-state index in [2.05, 4.69) is 20.9 Å². The van der Waals surface area contributed by atoms with Crippen LogP contribution in [0.2, 0.25) is 0 Å². The van der Waals surface area contributed by atoms with Crippen LogP contribution in [0.4, 0.5) is 0 Å². The fraction of sp³-hybridized carbons (Fsp3) is 0.444. The Labute approximate surface area is 81.3 Å². The van der Waals surface area contributed by atoms with Crippen molar-refractivity contribution in [3.05, 3.63) is 28.5 Å². The van der Waals surface area contributed by atoms with Crippen LogP contribution in [0.25, 0.3) is 0 Å². The molecule has 1 aromatic rings. The van der Waals surface area contributed by atoms with Crippen molar-refractivity contribution in [2.75, 3.05) is 0 Å². The first kappa shape index (κ1) is 9.68. The molecule has 0 unspecified atom stereocenters. The summed E-state index contributed by atoms with van der Waals surface area (Å²) in [7, 11) is 0. The van der Waals surface area contributed by atoms with Crippen LogP contribution in [0.3, 0.4) is 0 Å². The van der Waals surface area contributed by atoms with Gasteiger partial charge in [-0.2, -0.15) is 0 Å². The number of pyridine rings is 1. The summed E-state index contributed by atoms with van der Waals surface area (Å²) in [5, 5.41) is 0. The van der Waals surface area contributed by atoms with E-state index in [-0.39, 0.29) is 5.54 Å². The van der Waals surface area contributed by atoms with E-state index in [9.17, 15) is 0 Å². The third kappa shape index (κ3) is 3.32. The molecule has 1 heterocycles. The molecular formula is C9H13BrN2. The second-order valence-corrected chi connectivity index (χ2v) is 4.46. The zero-order valence-electron chi connectivity index (χ0n) is 7.34. The monoisotopic (exact) mass is 228 g/mol. The lowest BCUT2D eigenvalue weighted by Gasteiger charge is -2.17. The van der Waals surface area contributed by atoms with Gasteiger partial charge in [-0.25, -0.2) is 4.98 Å². The summed E-state index contributed by atoms with van der Waals surface area (Å²) in [6.07, 6.45) is 2.65. The van der Waals surface area contributed by atoms with Gasteiger partial charge in [-0.3, -0.25) is 0 Å². The molecule has 0 spiro atoms. The standard InChI is InChI=1S/C9H13BrN2/c1-9(2,11)6-7-3-4-12-8(10)5-7/h3-5H,6,11H2,1-2H3. The van der Waals surface area contributed by atoms with E-state index in [0.29, 0.717) is 0 Å². The van der Waals surface area contributed by atoms with Crippen molar-refractivity contribution in [1.82, 2.24) is 4.98 Å². The fourth-order valence-electron chi connectivity index (χ4n) is 1.08. The molecule has 1 aromatic heterocycles. The molecule has 66 valence electrons. The van der Waals surface area contributed by atoms with Crippen LogP contribution < -0.4 is 5.73 Å². The van der Waals surface area contributed by atoms with Crippen molar-refractivity contribution in [1.29, 1.82) is 0 Å². The van der Waals surface area contributed by atoms with Gasteiger partial charge < -0.3 is 5.73 Å². The Kier molecular flexibility index (Phi) is 2.85. The first-order valence-corrected chi connectivity index (χ1v) is 4.66. The Balaban J connectivity index is 2.77. The molecule has 0 aromatic carbocycles. The summed E-state index contributed by atoms with van der Waals surface area (Å²) >= 11 is 3.32. The van der Waals surface area contributed by atoms with E-state index < -0.39 is 0 Å². The normalized spacial score (nSPS) is 11.7. The molecule has 1 rings (SSSR count). The maximum absolute atomic E-state index is 5.88. The summed E-state index contributed by atoms with van der Waals surface area (Å²) in [6, 6.07) is 3.98. The largest absolute Gasteiger partial charge is 0.325 e. The van der Waals surface area contributed by atoms with Gasteiger partial charge >= 0.3 is 0 Å². The Morgan fingerprint density at radius 1 is 1.58 bits per heavy atom. The van der Waals surface area contributed by atoms with Crippen LogP contribution in [0.5, 0.6) is 0 Å². The smallest absolute Gasteiger partial charge is 0.106 e. The molecule has 0 saturated carbocycles. The van der Waals surface area contributed by atoms with Gasteiger partial charge in [0.05, 0.1) is 0 Å². The van der Waals surface area contributed by atoms with Crippen LogP contribution in [0, 0.1) is 0 Å². The molecule has 0 bridgehead atoms. The van der Waals surface area contributed by atoms with Crippen molar-refractivity contribution >= 4 is 15.9 Å². The number of nitrogens with two attached hydrogens (primary N) is 1. The van der Waals surface area contributed by atoms with E-state index in [1.54, 1.807) is 6.20 Å². The Bertz CT molecular complexity index is 265. The van der Waals surface area contributed by atoms with Crippen LogP contribution >= 0.6 is 15.9 Å². The average molecular weight is 229 g/mol. The molecule has 0 amide bonds. The predicted molar refractivity (Wildman–Crippen MR) is 53.9 cm³/mol. The topological polar surface area (TPSA) is 38.9 Å². The second kappa shape index (κ2) is 3.54. The van der Waals surface area contributed by atoms with Crippen molar-refractivity contribution in [3.63, 3.8) is 0 Å². The molecule has 0 aliphatic rings. The molecule has 2 N–H and O–H groups in total. The van der Waals surface area contributed by atoms with Crippen LogP contribution in [0.15, 0.2) is 22.9 Å². The maximum atomic E-state index is 5.88. The Morgan fingerprint density at radius 2 is 2.25 bits per heavy atom. The van der Waals surface area contributed by atoms with E-state index in [4.69, 9.17) is 5.73 Å². The molecule has 3 heteroatoms. The minimum atomic E-state index is -0.152. The fourth-order valence-corrected chi connectivity index (χ4v) is 1.49. The Morgan fingerprint density at radius 3 is 2.75 bits per heavy atom. The molecule has 12 heavy (non-hydrogen) atoms. The predicted octanol–water partition coefficient (Wildman–Crippen LogP) is 2.12. The second-order valence-electron chi connectivity index (χ2n) is 3.65. The summed E-state index contributed by atoms with van der Waals surface area (Å²) < 4.78 is 0.865. The van der Waals surface area contributed by atoms with Crippen molar-refractivity contribution in [3.8, 4) is 0 Å². The summed E-state index contributed by atoms with van der Waals surface area (Å²) in [4.78, 5) is 4.05. The van der Waals surface area contributed by atoms with E-state index >= 15 is 0 Å². The minimum absolute atomic E-state index is 0.152. The molecule has 2 nitrogen and oxygen atoms in total. The lowest BCUT2D eigenvalue weighted by molar-refractivity contribution is 0.516. The molecular weight excluding hydrogens is 216 g/mol. The number of rotatable bonds is 2. The molecule has 0 fully saturated rings. The van der Waals surface area contributed by atoms with Gasteiger partial charge in [0, 0.05) is 11.7 Å². The first-order chi connectivity index (χ1) is 5.47. The van der Waals surface area contributed by atoms with Gasteiger partial charge in [-0.15, -0.1) is 0 Å². The third-order valence-corrected chi connectivity index (χ3v) is 1.88. The SMILES string of the molecule is CC(C)(N)Cc1ccnc(Br)c1. The minimum Gasteiger partial charge on any atom is -0.325 e. The van der Waals surface area contributed by atoms with Gasteiger partial charge in [0.15, 0.2) is 0 Å². The highest BCUT2D eigenvalue weighted by molar-refractivity contribution is 9.10. The zero-order valence-corrected chi connectivity index (χ0v) is 8.93. The first-order valence-electron chi connectivity index (χ1n) is 3.87. The van der Waals surface area contributed by atoms with Crippen LogP contribution in [-0.2, 0) is 6.42 Å². The lowest BCUT2D eigenvalue weighted by Crippen LogP contribution is -2.34. The number of hydrogen-bond donors (Lipinski definition) is 1. The van der Waals surface area contributed by atoms with Crippen molar-refractivity contribution in [2.24, 2.45) is 5.73 Å². The summed E-state index contributed by atoms with van der Waals surface area (Å²) in [5.74, 6) is 0. The molecule has 0 saturated heterocycles. The van der Waals surface area contributed by atoms with Gasteiger partial charge in [-0.1, -0.05) is 0 Å². The molecule has 0 aliphatic heterocycles. The number of hydrogen-bond acceptors (Lipinski definition) is 2. The van der Waals surface area contributed by atoms with Crippen molar-refractivity contribution in [2.45, 2.75) is 25.8 Å². The quantitative estimate of drug-likeness (QED) is 0.789. The molecule has 0 aliphatic carbocycles. The third-order valence-electron chi connectivity index (χ3n) is 1.45. The van der Waals surface area contributed by atoms with Crippen molar-refractivity contribution < 1.29 is 0 Å². The lowest BCUT2D eigenvalue weighted by atomic mass is 9.97. The number of halogens is 1. The average Bonchev–Trinajstić information content (AvgIpc) is 1.82. The van der Waals surface area contributed by atoms with Crippen LogP contribution in [0.1, 0.15) is 19.4 Å². The van der Waals surface area contributed by atoms with Gasteiger partial charge in [0.25, 0.3) is 0 Å². The number of aromatic nitrogens is 1. The van der Waals surface area contributed by atoms with E-state index in [1.165, 1.54) is 5.56 Å². The Hall–Kier alpha value is -0.410. The summed E-state index contributed by atoms with van der Waals surface area (Å²) in [5.41, 5.74) is 6.94. The zero-order chi connectivity index (χ0) is 9.19. The van der Waals surface area contributed by atoms with Gasteiger partial charge in [-0.05, 0) is 53.9 Å². The highest BCUT2D eigenvalue weighted by Gasteiger charge is 2.11. The van der Waals surface area contributed by atoms with Gasteiger partial charge in [0.2, 0.25) is 0 Å². The van der Waals surface area contributed by atoms with E-state index in [0.717, 1.165) is 11.0 Å². The molecule has 0 atom stereocenters. The molecule has 0 radical (unpaired) electrons. The highest BCUT2D eigenvalue weighted by Crippen LogP contribution is 2.13. The number of nitrogens with zero attached hydrogens (tertiary/aromatic N) is 1. The maximum Gasteiger partial charge on any atom is 0.106 e. The summed E-state index contributed by atoms with van der Waals surface area (Å²) in [6.45, 7) is 4.03. The van der Waals surface area contributed by atoms with Crippen LogP contribution in [-0.4, -0.2) is 10.5 Å². The highest BCUT2D eigenvalue weighted by atomic mass is 79.9.